The van der Waals surface area contributed by atoms with E-state index in [9.17, 15) is 9.59 Å². The second-order valence-corrected chi connectivity index (χ2v) is 5.59. The van der Waals surface area contributed by atoms with Crippen molar-refractivity contribution in [3.05, 3.63) is 0 Å². The minimum absolute atomic E-state index is 0.0206. The summed E-state index contributed by atoms with van der Waals surface area (Å²) in [4.78, 5) is 25.6. The average molecular weight is 254 g/mol. The Hall–Kier alpha value is -1.10. The predicted molar refractivity (Wildman–Crippen MR) is 67.0 cm³/mol. The molecule has 1 unspecified atom stereocenters. The van der Waals surface area contributed by atoms with Gasteiger partial charge in [-0.15, -0.1) is 0 Å². The van der Waals surface area contributed by atoms with E-state index in [0.29, 0.717) is 13.0 Å². The molecule has 1 atom stereocenters. The van der Waals surface area contributed by atoms with E-state index >= 15 is 0 Å². The molecule has 0 radical (unpaired) electrons. The van der Waals surface area contributed by atoms with Gasteiger partial charge in [-0.1, -0.05) is 13.8 Å². The topological polar surface area (TPSA) is 58.6 Å². The van der Waals surface area contributed by atoms with E-state index in [0.717, 1.165) is 26.1 Å². The summed E-state index contributed by atoms with van der Waals surface area (Å²) >= 11 is 0. The Morgan fingerprint density at radius 2 is 2.06 bits per heavy atom. The molecule has 5 heteroatoms. The first-order valence-corrected chi connectivity index (χ1v) is 6.71. The average Bonchev–Trinajstić information content (AvgIpc) is 2.35. The van der Waals surface area contributed by atoms with Crippen LogP contribution in [0.1, 0.15) is 33.1 Å². The highest BCUT2D eigenvalue weighted by Gasteiger charge is 2.38. The minimum Gasteiger partial charge on any atom is -0.381 e. The Labute approximate surface area is 108 Å². The number of carbonyl (C=O) groups is 2. The smallest absolute Gasteiger partial charge is 0.243 e. The van der Waals surface area contributed by atoms with Crippen LogP contribution >= 0.6 is 0 Å². The van der Waals surface area contributed by atoms with Gasteiger partial charge in [-0.3, -0.25) is 9.59 Å². The third-order valence-corrected chi connectivity index (χ3v) is 4.05. The van der Waals surface area contributed by atoms with E-state index < -0.39 is 0 Å². The van der Waals surface area contributed by atoms with Gasteiger partial charge in [-0.2, -0.15) is 0 Å². The summed E-state index contributed by atoms with van der Waals surface area (Å²) in [5.41, 5.74) is 0.0823. The van der Waals surface area contributed by atoms with Gasteiger partial charge in [0, 0.05) is 19.8 Å². The van der Waals surface area contributed by atoms with Gasteiger partial charge in [0.2, 0.25) is 11.8 Å². The van der Waals surface area contributed by atoms with Crippen molar-refractivity contribution in [2.45, 2.75) is 39.2 Å². The number of ether oxygens (including phenoxy) is 1. The van der Waals surface area contributed by atoms with Crippen molar-refractivity contribution < 1.29 is 14.3 Å². The van der Waals surface area contributed by atoms with Crippen LogP contribution in [0.25, 0.3) is 0 Å². The molecule has 1 N–H and O–H groups in total. The molecule has 5 nitrogen and oxygen atoms in total. The summed E-state index contributed by atoms with van der Waals surface area (Å²) in [6.07, 6.45) is 2.58. The monoisotopic (exact) mass is 254 g/mol. The van der Waals surface area contributed by atoms with Crippen molar-refractivity contribution in [1.82, 2.24) is 10.2 Å². The van der Waals surface area contributed by atoms with Crippen molar-refractivity contribution in [3.8, 4) is 0 Å². The van der Waals surface area contributed by atoms with Crippen LogP contribution in [0.5, 0.6) is 0 Å². The molecular weight excluding hydrogens is 232 g/mol. The molecular formula is C13H22N2O3. The number of nitrogens with zero attached hydrogens (tertiary/aromatic N) is 1. The first-order chi connectivity index (χ1) is 8.56. The molecule has 2 heterocycles. The van der Waals surface area contributed by atoms with E-state index in [1.807, 2.05) is 6.92 Å². The van der Waals surface area contributed by atoms with Crippen molar-refractivity contribution in [1.29, 1.82) is 0 Å². The van der Waals surface area contributed by atoms with Crippen molar-refractivity contribution in [2.24, 2.45) is 5.41 Å². The lowest BCUT2D eigenvalue weighted by Gasteiger charge is -2.42. The standard InChI is InChI=1S/C13H22N2O3/c1-3-10-12(17)14-8-11(16)15(10)9-13(2)4-6-18-7-5-13/h10H,3-9H2,1-2H3,(H,14,17). The number of amides is 2. The van der Waals surface area contributed by atoms with Gasteiger partial charge in [-0.05, 0) is 24.7 Å². The van der Waals surface area contributed by atoms with Crippen LogP contribution in [-0.2, 0) is 14.3 Å². The molecule has 2 rings (SSSR count). The SMILES string of the molecule is CCC1C(=O)NCC(=O)N1CC1(C)CCOCC1. The number of nitrogens with one attached hydrogen (secondary N) is 1. The third-order valence-electron chi connectivity index (χ3n) is 4.05. The lowest BCUT2D eigenvalue weighted by Crippen LogP contribution is -2.60. The second-order valence-electron chi connectivity index (χ2n) is 5.59. The van der Waals surface area contributed by atoms with Crippen LogP contribution in [0.4, 0.5) is 0 Å². The molecule has 0 bridgehead atoms. The fourth-order valence-electron chi connectivity index (χ4n) is 2.74. The molecule has 102 valence electrons. The van der Waals surface area contributed by atoms with E-state index in [1.165, 1.54) is 0 Å². The van der Waals surface area contributed by atoms with Crippen molar-refractivity contribution in [3.63, 3.8) is 0 Å². The quantitative estimate of drug-likeness (QED) is 0.799. The van der Waals surface area contributed by atoms with Gasteiger partial charge < -0.3 is 15.0 Å². The van der Waals surface area contributed by atoms with Gasteiger partial charge in [0.25, 0.3) is 0 Å². The summed E-state index contributed by atoms with van der Waals surface area (Å²) in [6.45, 7) is 6.44. The third kappa shape index (κ3) is 2.66. The number of carbonyl (C=O) groups excluding carboxylic acids is 2. The molecule has 0 spiro atoms. The Morgan fingerprint density at radius 1 is 1.39 bits per heavy atom. The van der Waals surface area contributed by atoms with Crippen LogP contribution in [-0.4, -0.2) is 49.1 Å². The molecule has 2 fully saturated rings. The van der Waals surface area contributed by atoms with E-state index in [1.54, 1.807) is 4.90 Å². The van der Waals surface area contributed by atoms with E-state index in [-0.39, 0.29) is 29.8 Å². The largest absolute Gasteiger partial charge is 0.381 e. The summed E-state index contributed by atoms with van der Waals surface area (Å²) < 4.78 is 5.37. The summed E-state index contributed by atoms with van der Waals surface area (Å²) in [7, 11) is 0. The zero-order valence-electron chi connectivity index (χ0n) is 11.2. The number of hydrogen-bond donors (Lipinski definition) is 1. The van der Waals surface area contributed by atoms with Crippen molar-refractivity contribution >= 4 is 11.8 Å². The molecule has 0 saturated carbocycles. The highest BCUT2D eigenvalue weighted by Crippen LogP contribution is 2.32. The van der Waals surface area contributed by atoms with Crippen LogP contribution in [0.2, 0.25) is 0 Å². The molecule has 0 aromatic rings. The number of rotatable bonds is 3. The van der Waals surface area contributed by atoms with Crippen LogP contribution in [0.3, 0.4) is 0 Å². The minimum atomic E-state index is -0.300. The maximum absolute atomic E-state index is 12.0. The summed E-state index contributed by atoms with van der Waals surface area (Å²) in [6, 6.07) is -0.300. The fraction of sp³-hybridized carbons (Fsp3) is 0.846. The number of piperazine rings is 1. The molecule has 18 heavy (non-hydrogen) atoms. The first-order valence-electron chi connectivity index (χ1n) is 6.71. The molecule has 2 aliphatic rings. The zero-order chi connectivity index (χ0) is 13.2. The highest BCUT2D eigenvalue weighted by molar-refractivity contribution is 5.94. The van der Waals surface area contributed by atoms with E-state index in [2.05, 4.69) is 12.2 Å². The van der Waals surface area contributed by atoms with Crippen LogP contribution < -0.4 is 5.32 Å². The van der Waals surface area contributed by atoms with E-state index in [4.69, 9.17) is 4.74 Å². The normalized spacial score (nSPS) is 28.1. The highest BCUT2D eigenvalue weighted by atomic mass is 16.5. The summed E-state index contributed by atoms with van der Waals surface area (Å²) in [5.74, 6) is 0.0157. The van der Waals surface area contributed by atoms with Gasteiger partial charge >= 0.3 is 0 Å². The fourth-order valence-corrected chi connectivity index (χ4v) is 2.74. The Morgan fingerprint density at radius 3 is 2.67 bits per heavy atom. The molecule has 2 aliphatic heterocycles. The van der Waals surface area contributed by atoms with Gasteiger partial charge in [-0.25, -0.2) is 0 Å². The molecule has 0 aliphatic carbocycles. The molecule has 0 aromatic heterocycles. The zero-order valence-corrected chi connectivity index (χ0v) is 11.2. The molecule has 0 aromatic carbocycles. The Bertz CT molecular complexity index is 337. The predicted octanol–water partition coefficient (Wildman–Crippen LogP) is 0.540. The maximum Gasteiger partial charge on any atom is 0.243 e. The second kappa shape index (κ2) is 5.26. The van der Waals surface area contributed by atoms with Gasteiger partial charge in [0.05, 0.1) is 6.54 Å². The van der Waals surface area contributed by atoms with Crippen molar-refractivity contribution in [2.75, 3.05) is 26.3 Å². The lowest BCUT2D eigenvalue weighted by molar-refractivity contribution is -0.148. The Kier molecular flexibility index (Phi) is 3.90. The first kappa shape index (κ1) is 13.3. The molecule has 2 amide bonds. The summed E-state index contributed by atoms with van der Waals surface area (Å²) in [5, 5.41) is 2.66. The lowest BCUT2D eigenvalue weighted by atomic mass is 9.81. The van der Waals surface area contributed by atoms with Gasteiger partial charge in [0.1, 0.15) is 6.04 Å². The maximum atomic E-state index is 12.0. The van der Waals surface area contributed by atoms with Crippen LogP contribution in [0, 0.1) is 5.41 Å². The molecule has 2 saturated heterocycles. The van der Waals surface area contributed by atoms with Crippen LogP contribution in [0.15, 0.2) is 0 Å². The van der Waals surface area contributed by atoms with Gasteiger partial charge in [0.15, 0.2) is 0 Å². The Balaban J connectivity index is 2.08. The number of hydrogen-bond acceptors (Lipinski definition) is 3.